The SMILES string of the molecule is CS(=O)(=O)Nc1ccc(S(=O)(=O)NCCNc2ccc3ccccc3n2)cc1.Cl.O. The Bertz CT molecular complexity index is 1190. The smallest absolute Gasteiger partial charge is 0.240 e. The normalized spacial score (nSPS) is 11.2. The van der Waals surface area contributed by atoms with E-state index >= 15 is 0 Å². The van der Waals surface area contributed by atoms with Gasteiger partial charge in [-0.05, 0) is 42.5 Å². The summed E-state index contributed by atoms with van der Waals surface area (Å²) in [4.78, 5) is 4.51. The van der Waals surface area contributed by atoms with Gasteiger partial charge in [0.25, 0.3) is 0 Å². The number of rotatable bonds is 8. The summed E-state index contributed by atoms with van der Waals surface area (Å²) >= 11 is 0. The lowest BCUT2D eigenvalue weighted by Crippen LogP contribution is -2.29. The van der Waals surface area contributed by atoms with E-state index in [4.69, 9.17) is 0 Å². The van der Waals surface area contributed by atoms with Gasteiger partial charge in [-0.25, -0.2) is 26.5 Å². The Morgan fingerprint density at radius 2 is 1.53 bits per heavy atom. The van der Waals surface area contributed by atoms with Crippen molar-refractivity contribution in [1.29, 1.82) is 0 Å². The fraction of sp³-hybridized carbons (Fsp3) is 0.167. The first kappa shape index (κ1) is 25.6. The third-order valence-electron chi connectivity index (χ3n) is 3.79. The molecule has 0 saturated carbocycles. The minimum Gasteiger partial charge on any atom is -0.412 e. The molecule has 0 aliphatic heterocycles. The maximum atomic E-state index is 12.3. The average molecular weight is 475 g/mol. The molecule has 30 heavy (non-hydrogen) atoms. The molecule has 0 bridgehead atoms. The fourth-order valence-electron chi connectivity index (χ4n) is 2.54. The molecule has 0 fully saturated rings. The first-order valence-electron chi connectivity index (χ1n) is 8.40. The van der Waals surface area contributed by atoms with E-state index in [0.717, 1.165) is 17.2 Å². The molecule has 1 aromatic heterocycles. The molecule has 0 aliphatic carbocycles. The number of hydrogen-bond donors (Lipinski definition) is 3. The van der Waals surface area contributed by atoms with E-state index in [1.54, 1.807) is 0 Å². The van der Waals surface area contributed by atoms with Gasteiger partial charge in [0, 0.05) is 24.2 Å². The number of hydrogen-bond acceptors (Lipinski definition) is 6. The van der Waals surface area contributed by atoms with E-state index in [1.807, 2.05) is 36.4 Å². The standard InChI is InChI=1S/C18H20N4O4S2.ClH.H2O/c1-27(23,24)22-15-7-9-16(10-8-15)28(25,26)20-13-12-19-18-11-6-14-4-2-3-5-17(14)21-18;;/h2-11,20,22H,12-13H2,1H3,(H,19,21);1H;1H2. The zero-order chi connectivity index (χ0) is 20.2. The summed E-state index contributed by atoms with van der Waals surface area (Å²) in [5, 5.41) is 4.11. The summed E-state index contributed by atoms with van der Waals surface area (Å²) in [6, 6.07) is 17.0. The lowest BCUT2D eigenvalue weighted by atomic mass is 10.2. The van der Waals surface area contributed by atoms with Gasteiger partial charge in [0.1, 0.15) is 5.82 Å². The number of nitrogens with zero attached hydrogens (tertiary/aromatic N) is 1. The summed E-state index contributed by atoms with van der Waals surface area (Å²) in [6.45, 7) is 0.526. The lowest BCUT2D eigenvalue weighted by Gasteiger charge is -2.10. The topological polar surface area (TPSA) is 149 Å². The summed E-state index contributed by atoms with van der Waals surface area (Å²) in [5.74, 6) is 0.661. The molecule has 5 N–H and O–H groups in total. The third kappa shape index (κ3) is 7.11. The number of benzene rings is 2. The van der Waals surface area contributed by atoms with Crippen molar-refractivity contribution >= 4 is 54.9 Å². The summed E-state index contributed by atoms with van der Waals surface area (Å²) in [6.07, 6.45) is 1.02. The highest BCUT2D eigenvalue weighted by atomic mass is 35.5. The van der Waals surface area contributed by atoms with Gasteiger partial charge in [0.2, 0.25) is 20.0 Å². The van der Waals surface area contributed by atoms with Crippen LogP contribution in [0.4, 0.5) is 11.5 Å². The Hall–Kier alpha value is -2.44. The van der Waals surface area contributed by atoms with Gasteiger partial charge in [-0.2, -0.15) is 0 Å². The monoisotopic (exact) mass is 474 g/mol. The fourth-order valence-corrected chi connectivity index (χ4v) is 4.14. The summed E-state index contributed by atoms with van der Waals surface area (Å²) in [7, 11) is -7.11. The van der Waals surface area contributed by atoms with Crippen LogP contribution in [-0.4, -0.2) is 46.6 Å². The second kappa shape index (κ2) is 10.5. The first-order chi connectivity index (χ1) is 13.2. The first-order valence-corrected chi connectivity index (χ1v) is 11.8. The van der Waals surface area contributed by atoms with Crippen LogP contribution in [0.3, 0.4) is 0 Å². The van der Waals surface area contributed by atoms with Gasteiger partial charge in [0.15, 0.2) is 0 Å². The summed E-state index contributed by atoms with van der Waals surface area (Å²) in [5.41, 5.74) is 1.15. The zero-order valence-corrected chi connectivity index (χ0v) is 18.4. The van der Waals surface area contributed by atoms with Crippen molar-refractivity contribution < 1.29 is 22.3 Å². The van der Waals surface area contributed by atoms with Gasteiger partial charge in [0.05, 0.1) is 16.7 Å². The molecule has 0 unspecified atom stereocenters. The highest BCUT2D eigenvalue weighted by Gasteiger charge is 2.13. The van der Waals surface area contributed by atoms with Crippen LogP contribution in [0.15, 0.2) is 65.6 Å². The quantitative estimate of drug-likeness (QED) is 0.422. The Balaban J connectivity index is 0.00000225. The molecule has 3 aromatic rings. The molecule has 9 nitrogen and oxygen atoms in total. The van der Waals surface area contributed by atoms with Crippen molar-refractivity contribution in [3.8, 4) is 0 Å². The Morgan fingerprint density at radius 1 is 0.867 bits per heavy atom. The van der Waals surface area contributed by atoms with E-state index in [9.17, 15) is 16.8 Å². The highest BCUT2D eigenvalue weighted by molar-refractivity contribution is 7.92. The highest BCUT2D eigenvalue weighted by Crippen LogP contribution is 2.15. The van der Waals surface area contributed by atoms with Gasteiger partial charge >= 0.3 is 0 Å². The average Bonchev–Trinajstić information content (AvgIpc) is 2.64. The van der Waals surface area contributed by atoms with Gasteiger partial charge < -0.3 is 10.8 Å². The van der Waals surface area contributed by atoms with Crippen LogP contribution in [0.5, 0.6) is 0 Å². The number of aromatic nitrogens is 1. The van der Waals surface area contributed by atoms with Crippen LogP contribution in [-0.2, 0) is 20.0 Å². The Kier molecular flexibility index (Phi) is 9.00. The predicted molar refractivity (Wildman–Crippen MR) is 121 cm³/mol. The molecule has 0 spiro atoms. The molecule has 164 valence electrons. The van der Waals surface area contributed by atoms with Crippen LogP contribution in [0, 0.1) is 0 Å². The number of para-hydroxylation sites is 1. The van der Waals surface area contributed by atoms with Crippen LogP contribution >= 0.6 is 12.4 Å². The van der Waals surface area contributed by atoms with Crippen LogP contribution < -0.4 is 14.8 Å². The zero-order valence-electron chi connectivity index (χ0n) is 16.0. The Morgan fingerprint density at radius 3 is 2.20 bits per heavy atom. The maximum Gasteiger partial charge on any atom is 0.240 e. The second-order valence-electron chi connectivity index (χ2n) is 6.11. The second-order valence-corrected chi connectivity index (χ2v) is 9.63. The molecule has 0 aliphatic rings. The summed E-state index contributed by atoms with van der Waals surface area (Å²) < 4.78 is 51.8. The number of halogens is 1. The predicted octanol–water partition coefficient (Wildman–Crippen LogP) is 1.59. The van der Waals surface area contributed by atoms with Crippen molar-refractivity contribution in [2.24, 2.45) is 0 Å². The third-order valence-corrected chi connectivity index (χ3v) is 5.87. The van der Waals surface area contributed by atoms with Crippen molar-refractivity contribution in [2.45, 2.75) is 4.90 Å². The van der Waals surface area contributed by atoms with E-state index in [-0.39, 0.29) is 29.3 Å². The molecule has 2 aromatic carbocycles. The molecule has 0 saturated heterocycles. The maximum absolute atomic E-state index is 12.3. The van der Waals surface area contributed by atoms with E-state index in [2.05, 4.69) is 19.7 Å². The largest absolute Gasteiger partial charge is 0.412 e. The lowest BCUT2D eigenvalue weighted by molar-refractivity contribution is 0.583. The number of nitrogens with one attached hydrogen (secondary N) is 3. The van der Waals surface area contributed by atoms with Gasteiger partial charge in [-0.1, -0.05) is 18.2 Å². The van der Waals surface area contributed by atoms with E-state index < -0.39 is 20.0 Å². The molecule has 3 rings (SSSR count). The number of pyridine rings is 1. The van der Waals surface area contributed by atoms with Crippen molar-refractivity contribution in [2.75, 3.05) is 29.4 Å². The van der Waals surface area contributed by atoms with Crippen LogP contribution in [0.1, 0.15) is 0 Å². The van der Waals surface area contributed by atoms with Crippen LogP contribution in [0.2, 0.25) is 0 Å². The van der Waals surface area contributed by atoms with E-state index in [0.29, 0.717) is 18.1 Å². The minimum atomic E-state index is -3.70. The molecule has 0 atom stereocenters. The molecule has 12 heteroatoms. The van der Waals surface area contributed by atoms with Crippen LogP contribution in [0.25, 0.3) is 10.9 Å². The van der Waals surface area contributed by atoms with Gasteiger partial charge in [-0.15, -0.1) is 12.4 Å². The number of sulfonamides is 2. The number of fused-ring (bicyclic) bond motifs is 1. The van der Waals surface area contributed by atoms with Crippen molar-refractivity contribution in [1.82, 2.24) is 9.71 Å². The van der Waals surface area contributed by atoms with Gasteiger partial charge in [-0.3, -0.25) is 4.72 Å². The minimum absolute atomic E-state index is 0. The molecular formula is C18H23ClN4O5S2. The molecule has 0 radical (unpaired) electrons. The van der Waals surface area contributed by atoms with E-state index in [1.165, 1.54) is 24.3 Å². The van der Waals surface area contributed by atoms with Crippen molar-refractivity contribution in [3.63, 3.8) is 0 Å². The number of anilines is 2. The van der Waals surface area contributed by atoms with Crippen molar-refractivity contribution in [3.05, 3.63) is 60.7 Å². The Labute approximate surface area is 181 Å². The molecular weight excluding hydrogens is 452 g/mol. The molecule has 0 amide bonds. The molecule has 1 heterocycles.